The Morgan fingerprint density at radius 1 is 1.08 bits per heavy atom. The van der Waals surface area contributed by atoms with E-state index in [0.717, 1.165) is 29.8 Å². The molecule has 0 saturated carbocycles. The van der Waals surface area contributed by atoms with E-state index in [2.05, 4.69) is 5.32 Å². The van der Waals surface area contributed by atoms with E-state index in [4.69, 9.17) is 9.84 Å². The lowest BCUT2D eigenvalue weighted by molar-refractivity contribution is 0.143. The number of likely N-dealkylation sites (tertiary alicyclic amines) is 1. The second kappa shape index (κ2) is 8.53. The predicted octanol–water partition coefficient (Wildman–Crippen LogP) is 3.50. The van der Waals surface area contributed by atoms with E-state index in [1.807, 2.05) is 54.6 Å². The number of benzene rings is 2. The number of rotatable bonds is 5. The Labute approximate surface area is 148 Å². The maximum atomic E-state index is 12.3. The van der Waals surface area contributed by atoms with Crippen molar-refractivity contribution in [2.45, 2.75) is 19.4 Å². The number of aliphatic hydroxyl groups is 1. The summed E-state index contributed by atoms with van der Waals surface area (Å²) in [5.74, 6) is 1.09. The van der Waals surface area contributed by atoms with Crippen molar-refractivity contribution in [2.24, 2.45) is 5.92 Å². The van der Waals surface area contributed by atoms with Gasteiger partial charge >= 0.3 is 6.03 Å². The molecule has 0 aliphatic carbocycles. The zero-order chi connectivity index (χ0) is 17.5. The number of aliphatic hydroxyl groups excluding tert-OH is 1. The number of hydrogen-bond donors (Lipinski definition) is 2. The summed E-state index contributed by atoms with van der Waals surface area (Å²) in [4.78, 5) is 14.1. The first-order chi connectivity index (χ1) is 12.2. The molecule has 0 bridgehead atoms. The summed E-state index contributed by atoms with van der Waals surface area (Å²) >= 11 is 0. The van der Waals surface area contributed by atoms with Crippen molar-refractivity contribution in [2.75, 3.05) is 25.0 Å². The second-order valence-electron chi connectivity index (χ2n) is 6.34. The molecule has 0 atom stereocenters. The van der Waals surface area contributed by atoms with Gasteiger partial charge < -0.3 is 20.1 Å². The van der Waals surface area contributed by atoms with Crippen LogP contribution in [0.4, 0.5) is 10.5 Å². The molecule has 2 aromatic rings. The van der Waals surface area contributed by atoms with Gasteiger partial charge in [0.25, 0.3) is 0 Å². The highest BCUT2D eigenvalue weighted by Crippen LogP contribution is 2.20. The Morgan fingerprint density at radius 3 is 2.40 bits per heavy atom. The summed E-state index contributed by atoms with van der Waals surface area (Å²) < 4.78 is 5.75. The summed E-state index contributed by atoms with van der Waals surface area (Å²) in [6.45, 7) is 2.11. The van der Waals surface area contributed by atoms with E-state index < -0.39 is 0 Å². The minimum atomic E-state index is -0.0886. The van der Waals surface area contributed by atoms with E-state index in [9.17, 15) is 4.79 Å². The molecule has 5 nitrogen and oxygen atoms in total. The first kappa shape index (κ1) is 17.3. The van der Waals surface area contributed by atoms with Crippen molar-refractivity contribution >= 4 is 11.7 Å². The number of urea groups is 1. The summed E-state index contributed by atoms with van der Waals surface area (Å²) in [6, 6.07) is 17.3. The normalized spacial score (nSPS) is 15.0. The zero-order valence-electron chi connectivity index (χ0n) is 14.2. The smallest absolute Gasteiger partial charge is 0.321 e. The van der Waals surface area contributed by atoms with Crippen molar-refractivity contribution in [3.8, 4) is 5.75 Å². The number of ether oxygens (including phenoxy) is 1. The average Bonchev–Trinajstić information content (AvgIpc) is 2.68. The molecule has 0 radical (unpaired) electrons. The quantitative estimate of drug-likeness (QED) is 0.876. The van der Waals surface area contributed by atoms with E-state index in [1.165, 1.54) is 0 Å². The van der Waals surface area contributed by atoms with Crippen molar-refractivity contribution in [3.63, 3.8) is 0 Å². The lowest BCUT2D eigenvalue weighted by Crippen LogP contribution is -2.41. The fourth-order valence-electron chi connectivity index (χ4n) is 2.90. The summed E-state index contributed by atoms with van der Waals surface area (Å²) in [5, 5.41) is 12.1. The van der Waals surface area contributed by atoms with Crippen LogP contribution in [0.15, 0.2) is 54.6 Å². The summed E-state index contributed by atoms with van der Waals surface area (Å²) in [7, 11) is 0. The van der Waals surface area contributed by atoms with Crippen molar-refractivity contribution in [1.29, 1.82) is 0 Å². The number of amides is 2. The van der Waals surface area contributed by atoms with Gasteiger partial charge in [-0.15, -0.1) is 0 Å². The molecular formula is C20H24N2O3. The van der Waals surface area contributed by atoms with Gasteiger partial charge in [-0.1, -0.05) is 30.3 Å². The van der Waals surface area contributed by atoms with Gasteiger partial charge in [0.2, 0.25) is 0 Å². The lowest BCUT2D eigenvalue weighted by Gasteiger charge is -2.31. The van der Waals surface area contributed by atoms with Crippen LogP contribution in [0.3, 0.4) is 0 Å². The second-order valence-corrected chi connectivity index (χ2v) is 6.34. The highest BCUT2D eigenvalue weighted by atomic mass is 16.5. The van der Waals surface area contributed by atoms with Crippen LogP contribution in [0.1, 0.15) is 18.4 Å². The Hall–Kier alpha value is -2.53. The maximum absolute atomic E-state index is 12.3. The number of carbonyl (C=O) groups is 1. The highest BCUT2D eigenvalue weighted by molar-refractivity contribution is 5.89. The molecule has 1 fully saturated rings. The monoisotopic (exact) mass is 340 g/mol. The third-order valence-electron chi connectivity index (χ3n) is 4.51. The molecule has 132 valence electrons. The van der Waals surface area contributed by atoms with Crippen LogP contribution in [-0.2, 0) is 6.61 Å². The molecule has 5 heteroatoms. The van der Waals surface area contributed by atoms with Crippen LogP contribution in [0, 0.1) is 5.92 Å². The Morgan fingerprint density at radius 2 is 1.76 bits per heavy atom. The van der Waals surface area contributed by atoms with Crippen LogP contribution >= 0.6 is 0 Å². The molecule has 1 aliphatic heterocycles. The third-order valence-corrected chi connectivity index (χ3v) is 4.51. The summed E-state index contributed by atoms with van der Waals surface area (Å²) in [5.41, 5.74) is 1.87. The SMILES string of the molecule is O=C(Nc1ccc(OCc2ccccc2)cc1)N1CCC(CO)CC1. The van der Waals surface area contributed by atoms with Gasteiger partial charge in [0.1, 0.15) is 12.4 Å². The number of nitrogens with one attached hydrogen (secondary N) is 1. The molecule has 1 aliphatic rings. The van der Waals surface area contributed by atoms with Gasteiger partial charge in [0.15, 0.2) is 0 Å². The molecule has 1 saturated heterocycles. The van der Waals surface area contributed by atoms with Crippen molar-refractivity contribution in [1.82, 2.24) is 4.90 Å². The molecule has 0 spiro atoms. The number of anilines is 1. The van der Waals surface area contributed by atoms with Gasteiger partial charge in [-0.05, 0) is 48.6 Å². The van der Waals surface area contributed by atoms with Crippen LogP contribution in [-0.4, -0.2) is 35.7 Å². The first-order valence-corrected chi connectivity index (χ1v) is 8.68. The topological polar surface area (TPSA) is 61.8 Å². The standard InChI is InChI=1S/C20H24N2O3/c23-14-16-10-12-22(13-11-16)20(24)21-18-6-8-19(9-7-18)25-15-17-4-2-1-3-5-17/h1-9,16,23H,10-15H2,(H,21,24). The van der Waals surface area contributed by atoms with Crippen LogP contribution < -0.4 is 10.1 Å². The lowest BCUT2D eigenvalue weighted by atomic mass is 9.98. The number of carbonyl (C=O) groups excluding carboxylic acids is 1. The van der Waals surface area contributed by atoms with Gasteiger partial charge in [-0.3, -0.25) is 0 Å². The molecule has 2 amide bonds. The van der Waals surface area contributed by atoms with Gasteiger partial charge in [0.05, 0.1) is 0 Å². The number of hydrogen-bond acceptors (Lipinski definition) is 3. The van der Waals surface area contributed by atoms with E-state index >= 15 is 0 Å². The van der Waals surface area contributed by atoms with Crippen LogP contribution in [0.25, 0.3) is 0 Å². The fourth-order valence-corrected chi connectivity index (χ4v) is 2.90. The molecule has 1 heterocycles. The Bertz CT molecular complexity index is 665. The van der Waals surface area contributed by atoms with Gasteiger partial charge in [0, 0.05) is 25.4 Å². The number of nitrogens with zero attached hydrogens (tertiary/aromatic N) is 1. The molecular weight excluding hydrogens is 316 g/mol. The van der Waals surface area contributed by atoms with Gasteiger partial charge in [-0.2, -0.15) is 0 Å². The van der Waals surface area contributed by atoms with E-state index in [-0.39, 0.29) is 12.6 Å². The average molecular weight is 340 g/mol. The fraction of sp³-hybridized carbons (Fsp3) is 0.350. The Kier molecular flexibility index (Phi) is 5.90. The molecule has 2 N–H and O–H groups in total. The third kappa shape index (κ3) is 4.97. The maximum Gasteiger partial charge on any atom is 0.321 e. The number of piperidine rings is 1. The molecule has 3 rings (SSSR count). The largest absolute Gasteiger partial charge is 0.489 e. The minimum absolute atomic E-state index is 0.0886. The zero-order valence-corrected chi connectivity index (χ0v) is 14.2. The van der Waals surface area contributed by atoms with E-state index in [0.29, 0.717) is 25.6 Å². The molecule has 25 heavy (non-hydrogen) atoms. The summed E-state index contributed by atoms with van der Waals surface area (Å²) in [6.07, 6.45) is 1.71. The minimum Gasteiger partial charge on any atom is -0.489 e. The van der Waals surface area contributed by atoms with Gasteiger partial charge in [-0.25, -0.2) is 4.79 Å². The van der Waals surface area contributed by atoms with Crippen LogP contribution in [0.2, 0.25) is 0 Å². The van der Waals surface area contributed by atoms with Crippen molar-refractivity contribution in [3.05, 3.63) is 60.2 Å². The molecule has 2 aromatic carbocycles. The first-order valence-electron chi connectivity index (χ1n) is 8.68. The predicted molar refractivity (Wildman–Crippen MR) is 97.6 cm³/mol. The molecule has 0 aromatic heterocycles. The van der Waals surface area contributed by atoms with E-state index in [1.54, 1.807) is 4.90 Å². The molecule has 0 unspecified atom stereocenters. The highest BCUT2D eigenvalue weighted by Gasteiger charge is 2.22. The van der Waals surface area contributed by atoms with Crippen molar-refractivity contribution < 1.29 is 14.6 Å². The van der Waals surface area contributed by atoms with Crippen LogP contribution in [0.5, 0.6) is 5.75 Å². The Balaban J connectivity index is 1.48.